The summed E-state index contributed by atoms with van der Waals surface area (Å²) in [6.07, 6.45) is -6.74. The van der Waals surface area contributed by atoms with Crippen molar-refractivity contribution in [2.24, 2.45) is 5.92 Å². The third-order valence-corrected chi connectivity index (χ3v) is 5.41. The highest BCUT2D eigenvalue weighted by Crippen LogP contribution is 2.27. The molecular formula is C24H27F7N2O7. The van der Waals surface area contributed by atoms with Crippen molar-refractivity contribution in [3.8, 4) is 5.75 Å². The van der Waals surface area contributed by atoms with Gasteiger partial charge in [-0.15, -0.1) is 0 Å². The first-order valence-electron chi connectivity index (χ1n) is 11.9. The van der Waals surface area contributed by atoms with Crippen LogP contribution in [0.5, 0.6) is 5.75 Å². The molecule has 16 heteroatoms. The van der Waals surface area contributed by atoms with Gasteiger partial charge in [0, 0.05) is 25.1 Å². The minimum Gasteiger partial charge on any atom is -0.479 e. The first-order chi connectivity index (χ1) is 18.4. The van der Waals surface area contributed by atoms with E-state index in [4.69, 9.17) is 4.74 Å². The number of alkyl halides is 3. The number of ether oxygens (including phenoxy) is 3. The molecule has 1 saturated heterocycles. The van der Waals surface area contributed by atoms with E-state index in [1.165, 1.54) is 20.8 Å². The minimum absolute atomic E-state index is 0.0320. The Morgan fingerprint density at radius 1 is 1.00 bits per heavy atom. The van der Waals surface area contributed by atoms with Gasteiger partial charge in [-0.05, 0) is 33.6 Å². The van der Waals surface area contributed by atoms with Crippen LogP contribution in [0.25, 0.3) is 0 Å². The van der Waals surface area contributed by atoms with Crippen LogP contribution in [0.3, 0.4) is 0 Å². The number of esters is 1. The molecule has 1 aromatic carbocycles. The number of halogens is 7. The number of nitrogens with zero attached hydrogens (tertiary/aromatic N) is 1. The van der Waals surface area contributed by atoms with Crippen LogP contribution in [0, 0.1) is 29.2 Å². The number of ketones is 1. The third-order valence-electron chi connectivity index (χ3n) is 5.41. The maximum absolute atomic E-state index is 13.9. The van der Waals surface area contributed by atoms with Crippen molar-refractivity contribution >= 4 is 23.8 Å². The second-order valence-corrected chi connectivity index (χ2v) is 9.84. The number of rotatable bonds is 9. The first-order valence-corrected chi connectivity index (χ1v) is 11.9. The predicted molar refractivity (Wildman–Crippen MR) is 121 cm³/mol. The molecule has 1 fully saturated rings. The zero-order valence-electron chi connectivity index (χ0n) is 21.6. The fourth-order valence-electron chi connectivity index (χ4n) is 3.57. The van der Waals surface area contributed by atoms with Gasteiger partial charge in [0.15, 0.2) is 29.8 Å². The Bertz CT molecular complexity index is 1090. The molecule has 1 atom stereocenters. The van der Waals surface area contributed by atoms with Gasteiger partial charge in [-0.25, -0.2) is 13.6 Å². The molecule has 2 amide bonds. The summed E-state index contributed by atoms with van der Waals surface area (Å²) in [4.78, 5) is 50.7. The van der Waals surface area contributed by atoms with Crippen LogP contribution >= 0.6 is 0 Å². The number of amides is 2. The van der Waals surface area contributed by atoms with Crippen molar-refractivity contribution in [2.45, 2.75) is 57.9 Å². The van der Waals surface area contributed by atoms with E-state index < -0.39 is 96.1 Å². The Labute approximate surface area is 223 Å². The zero-order chi connectivity index (χ0) is 30.4. The molecule has 1 aromatic rings. The lowest BCUT2D eigenvalue weighted by molar-refractivity contribution is -0.162. The van der Waals surface area contributed by atoms with Gasteiger partial charge in [-0.3, -0.25) is 14.4 Å². The summed E-state index contributed by atoms with van der Waals surface area (Å²) in [6.45, 7) is 1.31. The first kappa shape index (κ1) is 32.6. The second-order valence-electron chi connectivity index (χ2n) is 9.84. The van der Waals surface area contributed by atoms with Crippen LogP contribution in [-0.2, 0) is 23.9 Å². The van der Waals surface area contributed by atoms with Crippen molar-refractivity contribution in [3.63, 3.8) is 0 Å². The van der Waals surface area contributed by atoms with Gasteiger partial charge in [0.2, 0.25) is 17.5 Å². The standard InChI is InChI=1S/C24H27F7N2O7/c1-23(2,3)40-17(35)9-15(16(34)10-38-20-18(27)13(25)8-14(26)19(20)28)32-21(36)12-4-6-33(7-5-12)22(37)39-11-24(29,30)31/h8,12,15H,4-7,9-11H2,1-3H3,(H,32,36)/t15-/m0/s1. The smallest absolute Gasteiger partial charge is 0.422 e. The molecule has 224 valence electrons. The van der Waals surface area contributed by atoms with Crippen LogP contribution in [0.1, 0.15) is 40.0 Å². The number of carbonyl (C=O) groups is 4. The van der Waals surface area contributed by atoms with Crippen LogP contribution in [0.15, 0.2) is 6.07 Å². The molecule has 1 heterocycles. The molecular weight excluding hydrogens is 561 g/mol. The molecule has 1 aliphatic rings. The SMILES string of the molecule is CC(C)(C)OC(=O)C[C@H](NC(=O)C1CCN(C(=O)OCC(F)(F)F)CC1)C(=O)COc1c(F)c(F)cc(F)c1F. The van der Waals surface area contributed by atoms with Gasteiger partial charge in [0.1, 0.15) is 18.2 Å². The van der Waals surface area contributed by atoms with Crippen LogP contribution in [0.4, 0.5) is 35.5 Å². The lowest BCUT2D eigenvalue weighted by Crippen LogP contribution is -2.49. The maximum Gasteiger partial charge on any atom is 0.422 e. The average molecular weight is 588 g/mol. The fraction of sp³-hybridized carbons (Fsp3) is 0.583. The highest BCUT2D eigenvalue weighted by molar-refractivity contribution is 5.93. The highest BCUT2D eigenvalue weighted by Gasteiger charge is 2.35. The fourth-order valence-corrected chi connectivity index (χ4v) is 3.57. The van der Waals surface area contributed by atoms with Crippen LogP contribution < -0.4 is 10.1 Å². The number of hydrogen-bond donors (Lipinski definition) is 1. The quantitative estimate of drug-likeness (QED) is 0.265. The maximum atomic E-state index is 13.9. The number of hydrogen-bond acceptors (Lipinski definition) is 7. The third kappa shape index (κ3) is 9.86. The summed E-state index contributed by atoms with van der Waals surface area (Å²) >= 11 is 0. The van der Waals surface area contributed by atoms with Gasteiger partial charge in [0.25, 0.3) is 0 Å². The molecule has 2 rings (SSSR count). The molecule has 0 aliphatic carbocycles. The van der Waals surface area contributed by atoms with Gasteiger partial charge < -0.3 is 24.4 Å². The van der Waals surface area contributed by atoms with E-state index in [-0.39, 0.29) is 32.0 Å². The van der Waals surface area contributed by atoms with Crippen molar-refractivity contribution in [3.05, 3.63) is 29.3 Å². The normalized spacial score (nSPS) is 15.3. The predicted octanol–water partition coefficient (Wildman–Crippen LogP) is 3.82. The Morgan fingerprint density at radius 2 is 1.55 bits per heavy atom. The molecule has 1 aliphatic heterocycles. The summed E-state index contributed by atoms with van der Waals surface area (Å²) in [5.74, 6) is -12.5. The number of nitrogens with one attached hydrogen (secondary N) is 1. The summed E-state index contributed by atoms with van der Waals surface area (Å²) in [6, 6.07) is -1.71. The average Bonchev–Trinajstić information content (AvgIpc) is 2.84. The second kappa shape index (κ2) is 13.2. The summed E-state index contributed by atoms with van der Waals surface area (Å²) in [7, 11) is 0. The van der Waals surface area contributed by atoms with Crippen molar-refractivity contribution in [1.82, 2.24) is 10.2 Å². The number of carbonyl (C=O) groups excluding carboxylic acids is 4. The van der Waals surface area contributed by atoms with Gasteiger partial charge >= 0.3 is 18.2 Å². The van der Waals surface area contributed by atoms with E-state index in [1.807, 2.05) is 0 Å². The molecule has 1 N–H and O–H groups in total. The zero-order valence-corrected chi connectivity index (χ0v) is 21.6. The molecule has 0 radical (unpaired) electrons. The largest absolute Gasteiger partial charge is 0.479 e. The number of benzene rings is 1. The molecule has 0 saturated carbocycles. The Hall–Kier alpha value is -3.59. The van der Waals surface area contributed by atoms with E-state index in [0.29, 0.717) is 0 Å². The number of piperidine rings is 1. The lowest BCUT2D eigenvalue weighted by Gasteiger charge is -2.31. The van der Waals surface area contributed by atoms with E-state index >= 15 is 0 Å². The monoisotopic (exact) mass is 588 g/mol. The topological polar surface area (TPSA) is 111 Å². The van der Waals surface area contributed by atoms with Crippen LogP contribution in [0.2, 0.25) is 0 Å². The van der Waals surface area contributed by atoms with E-state index in [2.05, 4.69) is 14.8 Å². The van der Waals surface area contributed by atoms with Gasteiger partial charge in [-0.1, -0.05) is 0 Å². The number of likely N-dealkylation sites (tertiary alicyclic amines) is 1. The molecule has 0 aromatic heterocycles. The molecule has 40 heavy (non-hydrogen) atoms. The molecule has 0 unspecified atom stereocenters. The highest BCUT2D eigenvalue weighted by atomic mass is 19.4. The van der Waals surface area contributed by atoms with Crippen molar-refractivity contribution in [2.75, 3.05) is 26.3 Å². The van der Waals surface area contributed by atoms with Crippen molar-refractivity contribution < 1.29 is 64.1 Å². The number of Topliss-reactive ketones (excluding diaryl/α,β-unsaturated/α-hetero) is 1. The summed E-state index contributed by atoms with van der Waals surface area (Å²) in [5.41, 5.74) is -0.982. The lowest BCUT2D eigenvalue weighted by atomic mass is 9.95. The summed E-state index contributed by atoms with van der Waals surface area (Å²) in [5, 5.41) is 2.29. The Morgan fingerprint density at radius 3 is 2.05 bits per heavy atom. The van der Waals surface area contributed by atoms with Gasteiger partial charge in [-0.2, -0.15) is 22.0 Å². The van der Waals surface area contributed by atoms with E-state index in [0.717, 1.165) is 4.90 Å². The minimum atomic E-state index is -4.71. The van der Waals surface area contributed by atoms with Gasteiger partial charge in [0.05, 0.1) is 6.42 Å². The van der Waals surface area contributed by atoms with Crippen LogP contribution in [-0.4, -0.2) is 72.8 Å². The van der Waals surface area contributed by atoms with Crippen molar-refractivity contribution in [1.29, 1.82) is 0 Å². The van der Waals surface area contributed by atoms with E-state index in [9.17, 15) is 49.9 Å². The Balaban J connectivity index is 2.07. The van der Waals surface area contributed by atoms with E-state index in [1.54, 1.807) is 0 Å². The molecule has 0 bridgehead atoms. The Kier molecular flexibility index (Phi) is 10.7. The summed E-state index contributed by atoms with van der Waals surface area (Å²) < 4.78 is 105. The molecule has 9 nitrogen and oxygen atoms in total. The molecule has 0 spiro atoms.